The Morgan fingerprint density at radius 1 is 1.00 bits per heavy atom. The molecule has 18 heavy (non-hydrogen) atoms. The minimum atomic E-state index is 0.716. The van der Waals surface area contributed by atoms with E-state index in [1.165, 1.54) is 11.1 Å². The number of rotatable bonds is 2. The van der Waals surface area contributed by atoms with Crippen molar-refractivity contribution in [2.75, 3.05) is 17.7 Å². The van der Waals surface area contributed by atoms with Crippen molar-refractivity contribution >= 4 is 11.4 Å². The number of anilines is 2. The third-order valence-corrected chi connectivity index (χ3v) is 3.44. The van der Waals surface area contributed by atoms with E-state index in [1.54, 1.807) is 7.11 Å². The van der Waals surface area contributed by atoms with Crippen LogP contribution in [0, 0.1) is 0 Å². The number of hydrogen-bond donors (Lipinski definition) is 1. The van der Waals surface area contributed by atoms with E-state index in [4.69, 9.17) is 10.5 Å². The highest BCUT2D eigenvalue weighted by Crippen LogP contribution is 2.36. The molecule has 0 fully saturated rings. The van der Waals surface area contributed by atoms with E-state index in [0.29, 0.717) is 5.69 Å². The molecule has 1 aliphatic heterocycles. The van der Waals surface area contributed by atoms with E-state index in [9.17, 15) is 0 Å². The Morgan fingerprint density at radius 3 is 2.28 bits per heavy atom. The third kappa shape index (κ3) is 1.68. The molecular formula is C15H16N2O. The molecule has 92 valence electrons. The summed E-state index contributed by atoms with van der Waals surface area (Å²) in [6.45, 7) is 1.82. The van der Waals surface area contributed by atoms with Crippen LogP contribution in [0.1, 0.15) is 11.1 Å². The molecule has 3 rings (SSSR count). The molecule has 1 aliphatic rings. The summed E-state index contributed by atoms with van der Waals surface area (Å²) in [4.78, 5) is 2.28. The lowest BCUT2D eigenvalue weighted by Crippen LogP contribution is -2.16. The first kappa shape index (κ1) is 11.0. The summed E-state index contributed by atoms with van der Waals surface area (Å²) in [5.74, 6) is 0.739. The van der Waals surface area contributed by atoms with Crippen molar-refractivity contribution in [1.29, 1.82) is 0 Å². The van der Waals surface area contributed by atoms with Crippen molar-refractivity contribution in [3.05, 3.63) is 53.6 Å². The smallest absolute Gasteiger partial charge is 0.143 e. The molecule has 2 aromatic rings. The predicted octanol–water partition coefficient (Wildman–Crippen LogP) is 2.80. The molecule has 0 unspecified atom stereocenters. The van der Waals surface area contributed by atoms with E-state index in [2.05, 4.69) is 29.2 Å². The van der Waals surface area contributed by atoms with Gasteiger partial charge in [-0.15, -0.1) is 0 Å². The van der Waals surface area contributed by atoms with Crippen LogP contribution in [0.5, 0.6) is 5.75 Å². The van der Waals surface area contributed by atoms with Gasteiger partial charge in [-0.05, 0) is 23.3 Å². The average Bonchev–Trinajstić information content (AvgIpc) is 2.82. The van der Waals surface area contributed by atoms with Crippen LogP contribution < -0.4 is 15.4 Å². The van der Waals surface area contributed by atoms with Crippen LogP contribution in [0.25, 0.3) is 0 Å². The van der Waals surface area contributed by atoms with E-state index in [0.717, 1.165) is 24.5 Å². The number of nitrogens with two attached hydrogens (primary N) is 1. The molecule has 0 spiro atoms. The molecule has 3 heteroatoms. The summed E-state index contributed by atoms with van der Waals surface area (Å²) in [5, 5.41) is 0. The second-order valence-electron chi connectivity index (χ2n) is 4.52. The second kappa shape index (κ2) is 4.26. The van der Waals surface area contributed by atoms with Crippen molar-refractivity contribution < 1.29 is 4.74 Å². The molecule has 2 aromatic carbocycles. The summed E-state index contributed by atoms with van der Waals surface area (Å²) in [7, 11) is 1.65. The second-order valence-corrected chi connectivity index (χ2v) is 4.52. The SMILES string of the molecule is COc1cccc(N2Cc3ccccc3C2)c1N. The highest BCUT2D eigenvalue weighted by molar-refractivity contribution is 5.74. The molecular weight excluding hydrogens is 224 g/mol. The molecule has 2 N–H and O–H groups in total. The van der Waals surface area contributed by atoms with Gasteiger partial charge in [0, 0.05) is 13.1 Å². The Hall–Kier alpha value is -2.16. The first-order chi connectivity index (χ1) is 8.79. The van der Waals surface area contributed by atoms with Crippen LogP contribution >= 0.6 is 0 Å². The third-order valence-electron chi connectivity index (χ3n) is 3.44. The zero-order valence-electron chi connectivity index (χ0n) is 10.4. The van der Waals surface area contributed by atoms with Crippen molar-refractivity contribution in [2.45, 2.75) is 13.1 Å². The molecule has 0 saturated heterocycles. The molecule has 3 nitrogen and oxygen atoms in total. The van der Waals surface area contributed by atoms with Crippen LogP contribution in [0.4, 0.5) is 11.4 Å². The van der Waals surface area contributed by atoms with Gasteiger partial charge in [-0.1, -0.05) is 30.3 Å². The number of ether oxygens (including phenoxy) is 1. The fourth-order valence-electron chi connectivity index (χ4n) is 2.49. The van der Waals surface area contributed by atoms with Crippen molar-refractivity contribution in [3.63, 3.8) is 0 Å². The van der Waals surface area contributed by atoms with Crippen LogP contribution in [0.2, 0.25) is 0 Å². The van der Waals surface area contributed by atoms with Gasteiger partial charge < -0.3 is 15.4 Å². The highest BCUT2D eigenvalue weighted by atomic mass is 16.5. The monoisotopic (exact) mass is 240 g/mol. The lowest BCUT2D eigenvalue weighted by Gasteiger charge is -2.21. The maximum atomic E-state index is 6.14. The number of para-hydroxylation sites is 1. The van der Waals surface area contributed by atoms with Gasteiger partial charge >= 0.3 is 0 Å². The maximum Gasteiger partial charge on any atom is 0.143 e. The predicted molar refractivity (Wildman–Crippen MR) is 73.7 cm³/mol. The fraction of sp³-hybridized carbons (Fsp3) is 0.200. The Morgan fingerprint density at radius 2 is 1.67 bits per heavy atom. The van der Waals surface area contributed by atoms with Gasteiger partial charge in [-0.3, -0.25) is 0 Å². The van der Waals surface area contributed by atoms with Gasteiger partial charge in [0.15, 0.2) is 0 Å². The molecule has 0 atom stereocenters. The van der Waals surface area contributed by atoms with E-state index in [1.807, 2.05) is 18.2 Å². The summed E-state index contributed by atoms with van der Waals surface area (Å²) in [6, 6.07) is 14.4. The Balaban J connectivity index is 1.95. The van der Waals surface area contributed by atoms with Gasteiger partial charge in [0.25, 0.3) is 0 Å². The lowest BCUT2D eigenvalue weighted by molar-refractivity contribution is 0.417. The molecule has 0 radical (unpaired) electrons. The minimum absolute atomic E-state index is 0.716. The summed E-state index contributed by atoms with van der Waals surface area (Å²) < 4.78 is 5.27. The Labute approximate surface area is 107 Å². The van der Waals surface area contributed by atoms with Crippen molar-refractivity contribution in [1.82, 2.24) is 0 Å². The number of nitrogens with zero attached hydrogens (tertiary/aromatic N) is 1. The first-order valence-electron chi connectivity index (χ1n) is 6.04. The van der Waals surface area contributed by atoms with E-state index >= 15 is 0 Å². The lowest BCUT2D eigenvalue weighted by atomic mass is 10.1. The van der Waals surface area contributed by atoms with Crippen molar-refractivity contribution in [2.24, 2.45) is 0 Å². The van der Waals surface area contributed by atoms with Crippen molar-refractivity contribution in [3.8, 4) is 5.75 Å². The maximum absolute atomic E-state index is 6.14. The highest BCUT2D eigenvalue weighted by Gasteiger charge is 2.21. The van der Waals surface area contributed by atoms with Gasteiger partial charge in [0.1, 0.15) is 5.75 Å². The van der Waals surface area contributed by atoms with Gasteiger partial charge in [0.2, 0.25) is 0 Å². The molecule has 1 heterocycles. The molecule has 0 bridgehead atoms. The molecule has 0 aliphatic carbocycles. The molecule has 0 saturated carbocycles. The zero-order valence-corrected chi connectivity index (χ0v) is 10.4. The summed E-state index contributed by atoms with van der Waals surface area (Å²) in [5.41, 5.74) is 10.7. The van der Waals surface area contributed by atoms with E-state index < -0.39 is 0 Å². The van der Waals surface area contributed by atoms with Gasteiger partial charge in [0.05, 0.1) is 18.5 Å². The standard InChI is InChI=1S/C15H16N2O/c1-18-14-8-4-7-13(15(14)16)17-9-11-5-2-3-6-12(11)10-17/h2-8H,9-10,16H2,1H3. The number of nitrogen functional groups attached to an aromatic ring is 1. The topological polar surface area (TPSA) is 38.5 Å². The number of fused-ring (bicyclic) bond motifs is 1. The van der Waals surface area contributed by atoms with Gasteiger partial charge in [-0.25, -0.2) is 0 Å². The molecule has 0 aromatic heterocycles. The largest absolute Gasteiger partial charge is 0.495 e. The normalized spacial score (nSPS) is 13.5. The number of methoxy groups -OCH3 is 1. The average molecular weight is 240 g/mol. The number of benzene rings is 2. The van der Waals surface area contributed by atoms with Crippen LogP contribution in [-0.4, -0.2) is 7.11 Å². The summed E-state index contributed by atoms with van der Waals surface area (Å²) in [6.07, 6.45) is 0. The van der Waals surface area contributed by atoms with E-state index in [-0.39, 0.29) is 0 Å². The zero-order chi connectivity index (χ0) is 12.5. The van der Waals surface area contributed by atoms with Crippen LogP contribution in [-0.2, 0) is 13.1 Å². The fourth-order valence-corrected chi connectivity index (χ4v) is 2.49. The van der Waals surface area contributed by atoms with Crippen LogP contribution in [0.3, 0.4) is 0 Å². The minimum Gasteiger partial charge on any atom is -0.495 e. The van der Waals surface area contributed by atoms with Crippen LogP contribution in [0.15, 0.2) is 42.5 Å². The van der Waals surface area contributed by atoms with Gasteiger partial charge in [-0.2, -0.15) is 0 Å². The summed E-state index contributed by atoms with van der Waals surface area (Å²) >= 11 is 0. The quantitative estimate of drug-likeness (QED) is 0.820. The first-order valence-corrected chi connectivity index (χ1v) is 6.04. The Kier molecular flexibility index (Phi) is 2.59. The molecule has 0 amide bonds. The number of hydrogen-bond acceptors (Lipinski definition) is 3. The Bertz CT molecular complexity index is 555.